The van der Waals surface area contributed by atoms with Crippen molar-refractivity contribution < 1.29 is 23.5 Å². The normalized spacial score (nSPS) is 10.8. The Morgan fingerprint density at radius 2 is 1.62 bits per heavy atom. The molecule has 0 saturated carbocycles. The number of rotatable bonds is 5. The number of esters is 1. The summed E-state index contributed by atoms with van der Waals surface area (Å²) in [4.78, 5) is 41.8. The number of ether oxygens (including phenoxy) is 1. The zero-order chi connectivity index (χ0) is 23.5. The van der Waals surface area contributed by atoms with Crippen molar-refractivity contribution in [3.8, 4) is 11.3 Å². The Kier molecular flexibility index (Phi) is 5.58. The fraction of sp³-hybridized carbons (Fsp3) is 0.0370. The molecule has 0 spiro atoms. The Balaban J connectivity index is 1.44. The Labute approximate surface area is 194 Å². The Morgan fingerprint density at radius 3 is 2.44 bits per heavy atom. The van der Waals surface area contributed by atoms with Crippen LogP contribution in [0.5, 0.6) is 0 Å². The lowest BCUT2D eigenvalue weighted by Gasteiger charge is -2.11. The van der Waals surface area contributed by atoms with Crippen LogP contribution in [-0.4, -0.2) is 29.4 Å². The van der Waals surface area contributed by atoms with Crippen LogP contribution in [0, 0.1) is 0 Å². The second-order valence-corrected chi connectivity index (χ2v) is 7.53. The first-order valence-electron chi connectivity index (χ1n) is 10.5. The van der Waals surface area contributed by atoms with Crippen LogP contribution in [0.1, 0.15) is 20.9 Å². The summed E-state index contributed by atoms with van der Waals surface area (Å²) in [5.74, 6) is -2.18. The van der Waals surface area contributed by atoms with Crippen molar-refractivity contribution in [3.63, 3.8) is 0 Å². The number of hydrogen-bond acceptors (Lipinski definition) is 6. The van der Waals surface area contributed by atoms with E-state index < -0.39 is 24.4 Å². The number of imide groups is 1. The molecule has 5 aromatic rings. The highest BCUT2D eigenvalue weighted by Crippen LogP contribution is 2.30. The second kappa shape index (κ2) is 8.99. The van der Waals surface area contributed by atoms with Gasteiger partial charge in [-0.2, -0.15) is 0 Å². The lowest BCUT2D eigenvalue weighted by molar-refractivity contribution is -0.123. The third kappa shape index (κ3) is 4.14. The summed E-state index contributed by atoms with van der Waals surface area (Å²) in [7, 11) is 0. The molecule has 166 valence electrons. The SMILES string of the molecule is O=C(COC(=O)c1cc(-c2cccc3ccccc23)nc2ccccc12)NC(=O)c1ccco1. The molecular weight excluding hydrogens is 432 g/mol. The van der Waals surface area contributed by atoms with Crippen molar-refractivity contribution in [2.45, 2.75) is 0 Å². The Morgan fingerprint density at radius 1 is 0.853 bits per heavy atom. The van der Waals surface area contributed by atoms with E-state index in [0.29, 0.717) is 16.6 Å². The number of amides is 2. The van der Waals surface area contributed by atoms with E-state index in [1.54, 1.807) is 18.2 Å². The topological polar surface area (TPSA) is 98.5 Å². The van der Waals surface area contributed by atoms with Crippen molar-refractivity contribution in [1.29, 1.82) is 0 Å². The lowest BCUT2D eigenvalue weighted by atomic mass is 9.99. The molecule has 3 aromatic carbocycles. The van der Waals surface area contributed by atoms with Gasteiger partial charge in [0.15, 0.2) is 12.4 Å². The zero-order valence-electron chi connectivity index (χ0n) is 17.9. The van der Waals surface area contributed by atoms with E-state index in [-0.39, 0.29) is 11.3 Å². The van der Waals surface area contributed by atoms with Gasteiger partial charge < -0.3 is 9.15 Å². The molecule has 7 nitrogen and oxygen atoms in total. The number of carbonyl (C=O) groups excluding carboxylic acids is 3. The van der Waals surface area contributed by atoms with Gasteiger partial charge in [0.05, 0.1) is 23.0 Å². The summed E-state index contributed by atoms with van der Waals surface area (Å²) in [6, 6.07) is 25.7. The molecule has 0 aliphatic carbocycles. The fourth-order valence-electron chi connectivity index (χ4n) is 3.77. The van der Waals surface area contributed by atoms with Crippen LogP contribution < -0.4 is 5.32 Å². The maximum Gasteiger partial charge on any atom is 0.339 e. The average Bonchev–Trinajstić information content (AvgIpc) is 3.42. The van der Waals surface area contributed by atoms with E-state index in [1.807, 2.05) is 54.6 Å². The van der Waals surface area contributed by atoms with Gasteiger partial charge in [-0.25, -0.2) is 9.78 Å². The molecule has 34 heavy (non-hydrogen) atoms. The minimum Gasteiger partial charge on any atom is -0.459 e. The van der Waals surface area contributed by atoms with Gasteiger partial charge in [0.1, 0.15) is 0 Å². The monoisotopic (exact) mass is 450 g/mol. The Bertz CT molecular complexity index is 1530. The number of pyridine rings is 1. The summed E-state index contributed by atoms with van der Waals surface area (Å²) in [5.41, 5.74) is 2.38. The number of para-hydroxylation sites is 1. The number of fused-ring (bicyclic) bond motifs is 2. The van der Waals surface area contributed by atoms with Gasteiger partial charge in [-0.1, -0.05) is 60.7 Å². The first-order chi connectivity index (χ1) is 16.6. The zero-order valence-corrected chi connectivity index (χ0v) is 17.9. The highest BCUT2D eigenvalue weighted by atomic mass is 16.5. The van der Waals surface area contributed by atoms with E-state index in [2.05, 4.69) is 5.32 Å². The molecule has 0 saturated heterocycles. The van der Waals surface area contributed by atoms with Crippen LogP contribution in [0.15, 0.2) is 95.6 Å². The van der Waals surface area contributed by atoms with Crippen molar-refractivity contribution >= 4 is 39.5 Å². The molecule has 0 aliphatic rings. The summed E-state index contributed by atoms with van der Waals surface area (Å²) in [6.45, 7) is -0.620. The molecule has 2 amide bonds. The minimum atomic E-state index is -0.762. The van der Waals surface area contributed by atoms with Crippen LogP contribution in [0.4, 0.5) is 0 Å². The number of benzene rings is 3. The predicted molar refractivity (Wildman–Crippen MR) is 126 cm³/mol. The van der Waals surface area contributed by atoms with Gasteiger partial charge in [-0.05, 0) is 35.0 Å². The fourth-order valence-corrected chi connectivity index (χ4v) is 3.77. The molecule has 5 rings (SSSR count). The van der Waals surface area contributed by atoms with Crippen molar-refractivity contribution in [2.24, 2.45) is 0 Å². The van der Waals surface area contributed by atoms with Gasteiger partial charge in [0, 0.05) is 10.9 Å². The molecule has 0 atom stereocenters. The third-order valence-corrected chi connectivity index (χ3v) is 5.33. The molecule has 0 fully saturated rings. The maximum absolute atomic E-state index is 13.0. The number of carbonyl (C=O) groups is 3. The predicted octanol–water partition coefficient (Wildman–Crippen LogP) is 4.76. The second-order valence-electron chi connectivity index (χ2n) is 7.53. The first kappa shape index (κ1) is 21.1. The van der Waals surface area contributed by atoms with E-state index in [1.165, 1.54) is 18.4 Å². The quantitative estimate of drug-likeness (QED) is 0.388. The number of hydrogen-bond donors (Lipinski definition) is 1. The van der Waals surface area contributed by atoms with Gasteiger partial charge >= 0.3 is 5.97 Å². The maximum atomic E-state index is 13.0. The standard InChI is InChI=1S/C27H18N2O5/c30-25(29-26(31)24-13-6-14-33-24)16-34-27(32)21-15-23(28-22-12-4-3-10-20(21)22)19-11-5-8-17-7-1-2-9-18(17)19/h1-15H,16H2,(H,29,30,31). The Hall–Kier alpha value is -4.78. The van der Waals surface area contributed by atoms with Crippen LogP contribution in [0.25, 0.3) is 32.9 Å². The molecule has 7 heteroatoms. The van der Waals surface area contributed by atoms with Crippen LogP contribution >= 0.6 is 0 Å². The van der Waals surface area contributed by atoms with E-state index in [4.69, 9.17) is 14.1 Å². The molecule has 2 aromatic heterocycles. The summed E-state index contributed by atoms with van der Waals surface area (Å²) in [6.07, 6.45) is 1.32. The van der Waals surface area contributed by atoms with Gasteiger partial charge in [0.2, 0.25) is 0 Å². The third-order valence-electron chi connectivity index (χ3n) is 5.33. The van der Waals surface area contributed by atoms with Crippen molar-refractivity contribution in [2.75, 3.05) is 6.61 Å². The van der Waals surface area contributed by atoms with Crippen molar-refractivity contribution in [3.05, 3.63) is 103 Å². The number of aromatic nitrogens is 1. The average molecular weight is 450 g/mol. The molecule has 0 aliphatic heterocycles. The molecular formula is C27H18N2O5. The summed E-state index contributed by atoms with van der Waals surface area (Å²) in [5, 5.41) is 4.78. The van der Waals surface area contributed by atoms with E-state index >= 15 is 0 Å². The molecule has 2 heterocycles. The van der Waals surface area contributed by atoms with Crippen molar-refractivity contribution in [1.82, 2.24) is 10.3 Å². The smallest absolute Gasteiger partial charge is 0.339 e. The summed E-state index contributed by atoms with van der Waals surface area (Å²) >= 11 is 0. The van der Waals surface area contributed by atoms with Crippen LogP contribution in [0.2, 0.25) is 0 Å². The molecule has 0 radical (unpaired) electrons. The number of furan rings is 1. The van der Waals surface area contributed by atoms with Crippen LogP contribution in [0.3, 0.4) is 0 Å². The number of nitrogens with one attached hydrogen (secondary N) is 1. The largest absolute Gasteiger partial charge is 0.459 e. The first-order valence-corrected chi connectivity index (χ1v) is 10.5. The van der Waals surface area contributed by atoms with Gasteiger partial charge in [-0.15, -0.1) is 0 Å². The highest BCUT2D eigenvalue weighted by molar-refractivity contribution is 6.07. The molecule has 0 bridgehead atoms. The molecule has 1 N–H and O–H groups in total. The minimum absolute atomic E-state index is 0.0143. The molecule has 0 unspecified atom stereocenters. The van der Waals surface area contributed by atoms with Gasteiger partial charge in [0.25, 0.3) is 11.8 Å². The summed E-state index contributed by atoms with van der Waals surface area (Å²) < 4.78 is 10.2. The number of nitrogens with zero attached hydrogens (tertiary/aromatic N) is 1. The van der Waals surface area contributed by atoms with E-state index in [0.717, 1.165) is 16.3 Å². The van der Waals surface area contributed by atoms with Crippen LogP contribution in [-0.2, 0) is 9.53 Å². The van der Waals surface area contributed by atoms with E-state index in [9.17, 15) is 14.4 Å². The van der Waals surface area contributed by atoms with Gasteiger partial charge in [-0.3, -0.25) is 14.9 Å². The lowest BCUT2D eigenvalue weighted by Crippen LogP contribution is -2.34. The highest BCUT2D eigenvalue weighted by Gasteiger charge is 2.19.